The fourth-order valence-corrected chi connectivity index (χ4v) is 2.54. The van der Waals surface area contributed by atoms with Gasteiger partial charge in [0, 0.05) is 30.1 Å². The van der Waals surface area contributed by atoms with Crippen molar-refractivity contribution in [2.45, 2.75) is 6.42 Å². The molecule has 2 aliphatic rings. The maximum Gasteiger partial charge on any atom is 0.262 e. The van der Waals surface area contributed by atoms with Gasteiger partial charge in [-0.3, -0.25) is 9.59 Å². The minimum atomic E-state index is -0.214. The standard InChI is InChI=1S/C13H13N5O3/c14-17-15-5-8-3-13(20)18(6-8)9-1-2-11-10(4-9)16-12(19)7-21-11/h1-2,4,8H,3,5-7H2,(H,16,19)/t8-/m1/s1. The van der Waals surface area contributed by atoms with E-state index in [9.17, 15) is 9.59 Å². The second kappa shape index (κ2) is 5.34. The molecule has 0 bridgehead atoms. The molecule has 21 heavy (non-hydrogen) atoms. The summed E-state index contributed by atoms with van der Waals surface area (Å²) in [6.45, 7) is 0.818. The van der Waals surface area contributed by atoms with Crippen LogP contribution in [0.15, 0.2) is 23.3 Å². The number of carbonyl (C=O) groups is 2. The van der Waals surface area contributed by atoms with E-state index in [1.807, 2.05) is 0 Å². The Hall–Kier alpha value is -2.73. The number of nitrogens with one attached hydrogen (secondary N) is 1. The Morgan fingerprint density at radius 2 is 2.33 bits per heavy atom. The third-order valence-electron chi connectivity index (χ3n) is 3.52. The van der Waals surface area contributed by atoms with Crippen LogP contribution in [0.4, 0.5) is 11.4 Å². The maximum absolute atomic E-state index is 12.1. The average molecular weight is 287 g/mol. The third kappa shape index (κ3) is 2.61. The molecule has 0 aromatic heterocycles. The van der Waals surface area contributed by atoms with E-state index in [0.717, 1.165) is 0 Å². The van der Waals surface area contributed by atoms with Gasteiger partial charge in [-0.1, -0.05) is 5.11 Å². The first-order valence-electron chi connectivity index (χ1n) is 6.55. The van der Waals surface area contributed by atoms with Crippen molar-refractivity contribution in [1.82, 2.24) is 0 Å². The molecular formula is C13H13N5O3. The highest BCUT2D eigenvalue weighted by Crippen LogP contribution is 2.34. The van der Waals surface area contributed by atoms with Crippen LogP contribution in [0.3, 0.4) is 0 Å². The Morgan fingerprint density at radius 1 is 1.48 bits per heavy atom. The van der Waals surface area contributed by atoms with Crippen molar-refractivity contribution in [3.8, 4) is 5.75 Å². The zero-order chi connectivity index (χ0) is 14.8. The van der Waals surface area contributed by atoms with Crippen molar-refractivity contribution in [3.63, 3.8) is 0 Å². The van der Waals surface area contributed by atoms with Gasteiger partial charge in [0.05, 0.1) is 5.69 Å². The highest BCUT2D eigenvalue weighted by atomic mass is 16.5. The minimum absolute atomic E-state index is 0.00320. The lowest BCUT2D eigenvalue weighted by molar-refractivity contribution is -0.118. The van der Waals surface area contributed by atoms with Gasteiger partial charge in [-0.05, 0) is 29.6 Å². The highest BCUT2D eigenvalue weighted by molar-refractivity contribution is 5.99. The maximum atomic E-state index is 12.1. The number of hydrogen-bond acceptors (Lipinski definition) is 4. The molecular weight excluding hydrogens is 274 g/mol. The molecule has 1 aromatic rings. The summed E-state index contributed by atoms with van der Waals surface area (Å²) in [6.07, 6.45) is 0.360. The molecule has 0 saturated carbocycles. The van der Waals surface area contributed by atoms with Crippen molar-refractivity contribution in [2.24, 2.45) is 11.0 Å². The first-order valence-corrected chi connectivity index (χ1v) is 6.55. The third-order valence-corrected chi connectivity index (χ3v) is 3.52. The molecule has 8 nitrogen and oxygen atoms in total. The number of carbonyl (C=O) groups excluding carboxylic acids is 2. The summed E-state index contributed by atoms with van der Waals surface area (Å²) in [5.74, 6) is 0.385. The Bertz CT molecular complexity index is 653. The number of nitrogens with zero attached hydrogens (tertiary/aromatic N) is 4. The van der Waals surface area contributed by atoms with Crippen molar-refractivity contribution in [3.05, 3.63) is 28.6 Å². The summed E-state index contributed by atoms with van der Waals surface area (Å²) in [5.41, 5.74) is 9.61. The molecule has 2 heterocycles. The van der Waals surface area contributed by atoms with Crippen LogP contribution in [0.2, 0.25) is 0 Å². The summed E-state index contributed by atoms with van der Waals surface area (Å²) < 4.78 is 5.28. The predicted molar refractivity (Wildman–Crippen MR) is 75.0 cm³/mol. The molecule has 0 spiro atoms. The molecule has 3 rings (SSSR count). The summed E-state index contributed by atoms with van der Waals surface area (Å²) >= 11 is 0. The van der Waals surface area contributed by atoms with Crippen LogP contribution >= 0.6 is 0 Å². The number of hydrogen-bond donors (Lipinski definition) is 1. The molecule has 1 saturated heterocycles. The average Bonchev–Trinajstić information content (AvgIpc) is 2.85. The number of fused-ring (bicyclic) bond motifs is 1. The number of rotatable bonds is 3. The van der Waals surface area contributed by atoms with E-state index < -0.39 is 0 Å². The first kappa shape index (κ1) is 13.3. The van der Waals surface area contributed by atoms with Crippen LogP contribution in [0, 0.1) is 5.92 Å². The van der Waals surface area contributed by atoms with E-state index in [1.54, 1.807) is 23.1 Å². The van der Waals surface area contributed by atoms with Crippen LogP contribution in [-0.4, -0.2) is 31.5 Å². The Labute approximate surface area is 120 Å². The van der Waals surface area contributed by atoms with E-state index in [-0.39, 0.29) is 24.3 Å². The minimum Gasteiger partial charge on any atom is -0.482 e. The number of anilines is 2. The highest BCUT2D eigenvalue weighted by Gasteiger charge is 2.30. The lowest BCUT2D eigenvalue weighted by Crippen LogP contribution is -2.27. The van der Waals surface area contributed by atoms with E-state index in [2.05, 4.69) is 15.3 Å². The lowest BCUT2D eigenvalue weighted by Gasteiger charge is -2.22. The Morgan fingerprint density at radius 3 is 3.14 bits per heavy atom. The van der Waals surface area contributed by atoms with Gasteiger partial charge >= 0.3 is 0 Å². The van der Waals surface area contributed by atoms with E-state index in [4.69, 9.17) is 10.3 Å². The van der Waals surface area contributed by atoms with Gasteiger partial charge in [0.2, 0.25) is 5.91 Å². The van der Waals surface area contributed by atoms with Gasteiger partial charge in [0.1, 0.15) is 5.75 Å². The number of azide groups is 1. The quantitative estimate of drug-likeness (QED) is 0.519. The van der Waals surface area contributed by atoms with Gasteiger partial charge in [0.25, 0.3) is 5.91 Å². The van der Waals surface area contributed by atoms with Crippen LogP contribution in [0.1, 0.15) is 6.42 Å². The lowest BCUT2D eigenvalue weighted by atomic mass is 10.1. The van der Waals surface area contributed by atoms with E-state index >= 15 is 0 Å². The number of ether oxygens (including phenoxy) is 1. The molecule has 0 aliphatic carbocycles. The molecule has 1 N–H and O–H groups in total. The smallest absolute Gasteiger partial charge is 0.262 e. The molecule has 0 radical (unpaired) electrons. The molecule has 1 aromatic carbocycles. The van der Waals surface area contributed by atoms with Gasteiger partial charge in [-0.15, -0.1) is 0 Å². The monoisotopic (exact) mass is 287 g/mol. The Kier molecular flexibility index (Phi) is 3.37. The molecule has 8 heteroatoms. The molecule has 2 aliphatic heterocycles. The van der Waals surface area contributed by atoms with Crippen molar-refractivity contribution >= 4 is 23.2 Å². The van der Waals surface area contributed by atoms with Crippen molar-refractivity contribution < 1.29 is 14.3 Å². The zero-order valence-corrected chi connectivity index (χ0v) is 11.2. The van der Waals surface area contributed by atoms with Gasteiger partial charge in [-0.25, -0.2) is 0 Å². The summed E-state index contributed by atoms with van der Waals surface area (Å²) in [7, 11) is 0. The van der Waals surface area contributed by atoms with Crippen molar-refractivity contribution in [1.29, 1.82) is 0 Å². The molecule has 0 unspecified atom stereocenters. The summed E-state index contributed by atoms with van der Waals surface area (Å²) in [5, 5.41) is 6.24. The summed E-state index contributed by atoms with van der Waals surface area (Å²) in [4.78, 5) is 27.7. The zero-order valence-electron chi connectivity index (χ0n) is 11.2. The molecule has 1 fully saturated rings. The first-order chi connectivity index (χ1) is 10.2. The second-order valence-corrected chi connectivity index (χ2v) is 5.01. The number of amides is 2. The topological polar surface area (TPSA) is 107 Å². The molecule has 1 atom stereocenters. The van der Waals surface area contributed by atoms with Crippen LogP contribution in [-0.2, 0) is 9.59 Å². The van der Waals surface area contributed by atoms with Crippen LogP contribution in [0.25, 0.3) is 10.4 Å². The fourth-order valence-electron chi connectivity index (χ4n) is 2.54. The van der Waals surface area contributed by atoms with E-state index in [1.165, 1.54) is 0 Å². The van der Waals surface area contributed by atoms with Crippen LogP contribution < -0.4 is 15.0 Å². The second-order valence-electron chi connectivity index (χ2n) is 5.01. The van der Waals surface area contributed by atoms with Gasteiger partial charge in [0.15, 0.2) is 6.61 Å². The van der Waals surface area contributed by atoms with Crippen molar-refractivity contribution in [2.75, 3.05) is 29.9 Å². The molecule has 108 valence electrons. The van der Waals surface area contributed by atoms with E-state index in [0.29, 0.717) is 36.6 Å². The summed E-state index contributed by atoms with van der Waals surface area (Å²) in [6, 6.07) is 5.24. The van der Waals surface area contributed by atoms with Crippen LogP contribution in [0.5, 0.6) is 5.75 Å². The predicted octanol–water partition coefficient (Wildman–Crippen LogP) is 1.68. The fraction of sp³-hybridized carbons (Fsp3) is 0.385. The number of benzene rings is 1. The largest absolute Gasteiger partial charge is 0.482 e. The van der Waals surface area contributed by atoms with Gasteiger partial charge < -0.3 is 15.0 Å². The SMILES string of the molecule is [N-]=[N+]=NC[C@H]1CC(=O)N(c2ccc3c(c2)NC(=O)CO3)C1. The molecule has 2 amide bonds. The Balaban J connectivity index is 1.81. The normalized spacial score (nSPS) is 20.4. The van der Waals surface area contributed by atoms with Gasteiger partial charge in [-0.2, -0.15) is 0 Å².